The first-order valence-corrected chi connectivity index (χ1v) is 7.05. The summed E-state index contributed by atoms with van der Waals surface area (Å²) in [6, 6.07) is 0. The number of sulfone groups is 1. The summed E-state index contributed by atoms with van der Waals surface area (Å²) in [4.78, 5) is 0. The summed E-state index contributed by atoms with van der Waals surface area (Å²) in [6.07, 6.45) is 5.64. The molecular formula is C11H22O2S. The molecule has 0 amide bonds. The van der Waals surface area contributed by atoms with Crippen LogP contribution in [-0.4, -0.2) is 13.7 Å². The Labute approximate surface area is 88.3 Å². The van der Waals surface area contributed by atoms with Crippen LogP contribution < -0.4 is 0 Å². The maximum Gasteiger partial charge on any atom is 0.173 e. The smallest absolute Gasteiger partial charge is 0.173 e. The van der Waals surface area contributed by atoms with Gasteiger partial charge in [-0.15, -0.1) is 0 Å². The molecule has 0 aromatic carbocycles. The lowest BCUT2D eigenvalue weighted by Gasteiger charge is -2.14. The number of rotatable bonds is 8. The van der Waals surface area contributed by atoms with Crippen LogP contribution in [0.2, 0.25) is 0 Å². The van der Waals surface area contributed by atoms with E-state index in [1.165, 1.54) is 0 Å². The van der Waals surface area contributed by atoms with Crippen LogP contribution in [0.15, 0.2) is 12.0 Å². The molecule has 0 saturated carbocycles. The third-order valence-corrected chi connectivity index (χ3v) is 4.32. The van der Waals surface area contributed by atoms with Gasteiger partial charge >= 0.3 is 0 Å². The van der Waals surface area contributed by atoms with E-state index in [1.807, 2.05) is 0 Å². The molecule has 2 nitrogen and oxygen atoms in total. The fourth-order valence-corrected chi connectivity index (χ4v) is 2.74. The van der Waals surface area contributed by atoms with Crippen LogP contribution in [0.4, 0.5) is 0 Å². The van der Waals surface area contributed by atoms with Crippen LogP contribution in [-0.2, 0) is 9.84 Å². The Morgan fingerprint density at radius 2 is 1.57 bits per heavy atom. The zero-order chi connectivity index (χ0) is 11.0. The Bertz CT molecular complexity index is 234. The van der Waals surface area contributed by atoms with Crippen LogP contribution >= 0.6 is 0 Å². The molecule has 84 valence electrons. The molecule has 0 aliphatic carbocycles. The third-order valence-electron chi connectivity index (χ3n) is 2.46. The van der Waals surface area contributed by atoms with Crippen LogP contribution in [0.3, 0.4) is 0 Å². The number of unbranched alkanes of at least 4 members (excludes halogenated alkanes) is 2. The molecule has 0 spiro atoms. The maximum atomic E-state index is 11.6. The molecule has 0 bridgehead atoms. The summed E-state index contributed by atoms with van der Waals surface area (Å²) < 4.78 is 23.2. The minimum Gasteiger partial charge on any atom is -0.224 e. The van der Waals surface area contributed by atoms with E-state index >= 15 is 0 Å². The molecule has 0 fully saturated rings. The lowest BCUT2D eigenvalue weighted by atomic mass is 10.1. The van der Waals surface area contributed by atoms with Gasteiger partial charge in [0.2, 0.25) is 0 Å². The summed E-state index contributed by atoms with van der Waals surface area (Å²) in [6.45, 7) is 7.54. The van der Waals surface area contributed by atoms with E-state index in [9.17, 15) is 8.42 Å². The number of hydrogen-bond donors (Lipinski definition) is 0. The van der Waals surface area contributed by atoms with Crippen molar-refractivity contribution in [1.82, 2.24) is 0 Å². The average molecular weight is 218 g/mol. The van der Waals surface area contributed by atoms with Crippen molar-refractivity contribution >= 4 is 9.84 Å². The highest BCUT2D eigenvalue weighted by molar-refractivity contribution is 7.94. The van der Waals surface area contributed by atoms with Crippen LogP contribution in [0.1, 0.15) is 52.4 Å². The van der Waals surface area contributed by atoms with Gasteiger partial charge in [-0.2, -0.15) is 0 Å². The molecule has 0 heterocycles. The van der Waals surface area contributed by atoms with Crippen molar-refractivity contribution in [2.45, 2.75) is 57.6 Å². The Morgan fingerprint density at radius 1 is 1.14 bits per heavy atom. The first kappa shape index (κ1) is 13.7. The molecule has 0 rings (SSSR count). The third kappa shape index (κ3) is 4.80. The minimum absolute atomic E-state index is 0.195. The van der Waals surface area contributed by atoms with E-state index in [-0.39, 0.29) is 5.25 Å². The van der Waals surface area contributed by atoms with E-state index in [0.29, 0.717) is 0 Å². The molecule has 0 N–H and O–H groups in total. The van der Waals surface area contributed by atoms with Crippen molar-refractivity contribution < 1.29 is 8.42 Å². The molecule has 3 heteroatoms. The highest BCUT2D eigenvalue weighted by atomic mass is 32.2. The molecule has 0 saturated heterocycles. The van der Waals surface area contributed by atoms with E-state index in [4.69, 9.17) is 0 Å². The summed E-state index contributed by atoms with van der Waals surface area (Å²) in [5.74, 6) is 0. The highest BCUT2D eigenvalue weighted by Gasteiger charge is 2.20. The van der Waals surface area contributed by atoms with Crippen molar-refractivity contribution in [3.8, 4) is 0 Å². The van der Waals surface area contributed by atoms with Gasteiger partial charge in [-0.1, -0.05) is 46.1 Å². The largest absolute Gasteiger partial charge is 0.224 e. The quantitative estimate of drug-likeness (QED) is 0.626. The lowest BCUT2D eigenvalue weighted by molar-refractivity contribution is 0.548. The fraction of sp³-hybridized carbons (Fsp3) is 0.818. The first-order chi connectivity index (χ1) is 6.58. The van der Waals surface area contributed by atoms with E-state index < -0.39 is 9.84 Å². The molecule has 0 aliphatic rings. The standard InChI is InChI=1S/C11H22O2S/c1-4-7-9-11(10-8-5-2)14(12,13)6-3/h6,11H,3-5,7-10H2,1-2H3. The minimum atomic E-state index is -3.04. The first-order valence-electron chi connectivity index (χ1n) is 5.44. The normalized spacial score (nSPS) is 11.9. The van der Waals surface area contributed by atoms with E-state index in [0.717, 1.165) is 43.9 Å². The predicted octanol–water partition coefficient (Wildman–Crippen LogP) is 3.29. The fourth-order valence-electron chi connectivity index (χ4n) is 1.47. The summed E-state index contributed by atoms with van der Waals surface area (Å²) in [5.41, 5.74) is 0. The second-order valence-corrected chi connectivity index (χ2v) is 5.84. The predicted molar refractivity (Wildman–Crippen MR) is 62.0 cm³/mol. The van der Waals surface area contributed by atoms with Crippen molar-refractivity contribution in [3.63, 3.8) is 0 Å². The Kier molecular flexibility index (Phi) is 6.89. The molecular weight excluding hydrogens is 196 g/mol. The topological polar surface area (TPSA) is 34.1 Å². The van der Waals surface area contributed by atoms with E-state index in [2.05, 4.69) is 20.4 Å². The highest BCUT2D eigenvalue weighted by Crippen LogP contribution is 2.18. The Morgan fingerprint density at radius 3 is 1.86 bits per heavy atom. The zero-order valence-electron chi connectivity index (χ0n) is 9.33. The monoisotopic (exact) mass is 218 g/mol. The van der Waals surface area contributed by atoms with Gasteiger partial charge in [0.05, 0.1) is 5.25 Å². The van der Waals surface area contributed by atoms with Gasteiger partial charge in [-0.05, 0) is 12.8 Å². The summed E-state index contributed by atoms with van der Waals surface area (Å²) in [5, 5.41) is 0.920. The molecule has 0 radical (unpaired) electrons. The van der Waals surface area contributed by atoms with Gasteiger partial charge in [0.1, 0.15) is 0 Å². The molecule has 14 heavy (non-hydrogen) atoms. The van der Waals surface area contributed by atoms with Crippen LogP contribution in [0.5, 0.6) is 0 Å². The molecule has 0 atom stereocenters. The Hall–Kier alpha value is -0.310. The number of hydrogen-bond acceptors (Lipinski definition) is 2. The second-order valence-electron chi connectivity index (χ2n) is 3.66. The SMILES string of the molecule is C=CS(=O)(=O)C(CCCC)CCCC. The van der Waals surface area contributed by atoms with Crippen LogP contribution in [0, 0.1) is 0 Å². The van der Waals surface area contributed by atoms with Gasteiger partial charge in [-0.25, -0.2) is 8.42 Å². The Balaban J connectivity index is 4.30. The second kappa shape index (κ2) is 7.04. The molecule has 0 aromatic heterocycles. The van der Waals surface area contributed by atoms with Crippen molar-refractivity contribution in [1.29, 1.82) is 0 Å². The molecule has 0 aliphatic heterocycles. The van der Waals surface area contributed by atoms with Crippen LogP contribution in [0.25, 0.3) is 0 Å². The van der Waals surface area contributed by atoms with Gasteiger partial charge in [0, 0.05) is 5.41 Å². The van der Waals surface area contributed by atoms with Gasteiger partial charge in [-0.3, -0.25) is 0 Å². The maximum absolute atomic E-state index is 11.6. The lowest BCUT2D eigenvalue weighted by Crippen LogP contribution is -2.18. The van der Waals surface area contributed by atoms with Crippen molar-refractivity contribution in [2.24, 2.45) is 0 Å². The van der Waals surface area contributed by atoms with Crippen molar-refractivity contribution in [3.05, 3.63) is 12.0 Å². The average Bonchev–Trinajstić information content (AvgIpc) is 2.17. The van der Waals surface area contributed by atoms with E-state index in [1.54, 1.807) is 0 Å². The molecule has 0 aromatic rings. The zero-order valence-corrected chi connectivity index (χ0v) is 10.1. The van der Waals surface area contributed by atoms with Gasteiger partial charge in [0.25, 0.3) is 0 Å². The molecule has 0 unspecified atom stereocenters. The van der Waals surface area contributed by atoms with Gasteiger partial charge < -0.3 is 0 Å². The van der Waals surface area contributed by atoms with Gasteiger partial charge in [0.15, 0.2) is 9.84 Å². The summed E-state index contributed by atoms with van der Waals surface area (Å²) in [7, 11) is -3.04. The van der Waals surface area contributed by atoms with Crippen molar-refractivity contribution in [2.75, 3.05) is 0 Å². The summed E-state index contributed by atoms with van der Waals surface area (Å²) >= 11 is 0.